The van der Waals surface area contributed by atoms with Gasteiger partial charge in [-0.1, -0.05) is 24.6 Å². The highest BCUT2D eigenvalue weighted by molar-refractivity contribution is 5.78. The van der Waals surface area contributed by atoms with E-state index in [1.54, 1.807) is 0 Å². The van der Waals surface area contributed by atoms with Gasteiger partial charge in [-0.2, -0.15) is 0 Å². The zero-order chi connectivity index (χ0) is 14.4. The number of aryl methyl sites for hydroxylation is 3. The third kappa shape index (κ3) is 4.35. The lowest BCUT2D eigenvalue weighted by atomic mass is 9.97. The molecule has 0 saturated heterocycles. The molecule has 0 aliphatic rings. The Morgan fingerprint density at radius 3 is 2.32 bits per heavy atom. The fraction of sp³-hybridized carbons (Fsp3) is 0.562. The molecule has 19 heavy (non-hydrogen) atoms. The molecule has 3 heteroatoms. The van der Waals surface area contributed by atoms with Crippen molar-refractivity contribution in [1.29, 1.82) is 0 Å². The van der Waals surface area contributed by atoms with Gasteiger partial charge in [0.25, 0.3) is 0 Å². The van der Waals surface area contributed by atoms with Crippen molar-refractivity contribution in [3.8, 4) is 0 Å². The number of rotatable bonds is 6. The van der Waals surface area contributed by atoms with E-state index in [0.717, 1.165) is 12.8 Å². The molecule has 0 saturated carbocycles. The van der Waals surface area contributed by atoms with Crippen molar-refractivity contribution in [1.82, 2.24) is 5.32 Å². The Morgan fingerprint density at radius 2 is 1.84 bits per heavy atom. The Labute approximate surface area is 116 Å². The van der Waals surface area contributed by atoms with Crippen LogP contribution in [0, 0.1) is 26.7 Å². The van der Waals surface area contributed by atoms with Crippen LogP contribution in [-0.4, -0.2) is 19.0 Å². The van der Waals surface area contributed by atoms with E-state index in [9.17, 15) is 4.79 Å². The molecular weight excluding hydrogens is 236 g/mol. The highest BCUT2D eigenvalue weighted by atomic mass is 16.1. The maximum absolute atomic E-state index is 11.8. The molecule has 1 aromatic rings. The van der Waals surface area contributed by atoms with Gasteiger partial charge in [-0.3, -0.25) is 4.79 Å². The molecule has 0 spiro atoms. The number of hydrogen-bond donors (Lipinski definition) is 2. The molecule has 1 atom stereocenters. The van der Waals surface area contributed by atoms with Gasteiger partial charge in [0.05, 0.1) is 0 Å². The summed E-state index contributed by atoms with van der Waals surface area (Å²) in [6.45, 7) is 9.47. The number of carbonyl (C=O) groups excluding carboxylic acids is 1. The van der Waals surface area contributed by atoms with Crippen molar-refractivity contribution >= 4 is 5.91 Å². The second-order valence-corrected chi connectivity index (χ2v) is 5.26. The van der Waals surface area contributed by atoms with Crippen molar-refractivity contribution < 1.29 is 4.79 Å². The second-order valence-electron chi connectivity index (χ2n) is 5.26. The number of nitrogens with two attached hydrogens (primary N) is 1. The summed E-state index contributed by atoms with van der Waals surface area (Å²) in [7, 11) is 0. The van der Waals surface area contributed by atoms with Crippen LogP contribution in [0.3, 0.4) is 0 Å². The van der Waals surface area contributed by atoms with Gasteiger partial charge in [0.15, 0.2) is 0 Å². The Bertz CT molecular complexity index is 413. The predicted molar refractivity (Wildman–Crippen MR) is 80.2 cm³/mol. The Balaban J connectivity index is 2.57. The van der Waals surface area contributed by atoms with Crippen LogP contribution >= 0.6 is 0 Å². The normalized spacial score (nSPS) is 12.3. The molecule has 0 fully saturated rings. The van der Waals surface area contributed by atoms with Crippen molar-refractivity contribution in [3.05, 3.63) is 34.4 Å². The topological polar surface area (TPSA) is 55.1 Å². The maximum atomic E-state index is 11.8. The molecule has 0 aliphatic carbocycles. The van der Waals surface area contributed by atoms with E-state index in [0.29, 0.717) is 13.1 Å². The number of amides is 1. The SMILES string of the molecule is CCC(CN)C(=O)NCCc1c(C)cc(C)cc1C. The monoisotopic (exact) mass is 262 g/mol. The summed E-state index contributed by atoms with van der Waals surface area (Å²) < 4.78 is 0. The zero-order valence-corrected chi connectivity index (χ0v) is 12.5. The summed E-state index contributed by atoms with van der Waals surface area (Å²) in [6.07, 6.45) is 1.68. The highest BCUT2D eigenvalue weighted by Gasteiger charge is 2.13. The first-order valence-electron chi connectivity index (χ1n) is 7.04. The van der Waals surface area contributed by atoms with E-state index in [2.05, 4.69) is 38.2 Å². The smallest absolute Gasteiger partial charge is 0.224 e. The van der Waals surface area contributed by atoms with Gasteiger partial charge in [-0.15, -0.1) is 0 Å². The number of benzene rings is 1. The molecule has 0 bridgehead atoms. The quantitative estimate of drug-likeness (QED) is 0.826. The molecule has 0 radical (unpaired) electrons. The first-order valence-corrected chi connectivity index (χ1v) is 7.04. The molecule has 1 rings (SSSR count). The third-order valence-corrected chi connectivity index (χ3v) is 3.66. The predicted octanol–water partition coefficient (Wildman–Crippen LogP) is 2.26. The molecule has 1 amide bonds. The minimum absolute atomic E-state index is 0.0554. The van der Waals surface area contributed by atoms with Crippen LogP contribution in [0.15, 0.2) is 12.1 Å². The van der Waals surface area contributed by atoms with Gasteiger partial charge in [0.1, 0.15) is 0 Å². The minimum Gasteiger partial charge on any atom is -0.355 e. The molecule has 106 valence electrons. The van der Waals surface area contributed by atoms with Crippen molar-refractivity contribution in [2.45, 2.75) is 40.5 Å². The van der Waals surface area contributed by atoms with Gasteiger partial charge < -0.3 is 11.1 Å². The van der Waals surface area contributed by atoms with Gasteiger partial charge in [0.2, 0.25) is 5.91 Å². The summed E-state index contributed by atoms with van der Waals surface area (Å²) in [5, 5.41) is 2.98. The summed E-state index contributed by atoms with van der Waals surface area (Å²) in [5.74, 6) is 0.0210. The molecule has 1 unspecified atom stereocenters. The number of hydrogen-bond acceptors (Lipinski definition) is 2. The fourth-order valence-electron chi connectivity index (χ4n) is 2.52. The van der Waals surface area contributed by atoms with Crippen LogP contribution in [0.25, 0.3) is 0 Å². The van der Waals surface area contributed by atoms with E-state index >= 15 is 0 Å². The standard InChI is InChI=1S/C16H26N2O/c1-5-14(10-17)16(19)18-7-6-15-12(3)8-11(2)9-13(15)4/h8-9,14H,5-7,10,17H2,1-4H3,(H,18,19). The summed E-state index contributed by atoms with van der Waals surface area (Å²) in [4.78, 5) is 11.8. The van der Waals surface area contributed by atoms with Crippen molar-refractivity contribution in [2.24, 2.45) is 11.7 Å². The molecule has 0 aliphatic heterocycles. The van der Waals surface area contributed by atoms with Crippen molar-refractivity contribution in [2.75, 3.05) is 13.1 Å². The largest absolute Gasteiger partial charge is 0.355 e. The fourth-order valence-corrected chi connectivity index (χ4v) is 2.52. The van der Waals surface area contributed by atoms with E-state index in [4.69, 9.17) is 5.73 Å². The lowest BCUT2D eigenvalue weighted by Crippen LogP contribution is -2.35. The van der Waals surface area contributed by atoms with Crippen LogP contribution in [0.5, 0.6) is 0 Å². The zero-order valence-electron chi connectivity index (χ0n) is 12.5. The Hall–Kier alpha value is -1.35. The minimum atomic E-state index is -0.0554. The maximum Gasteiger partial charge on any atom is 0.224 e. The van der Waals surface area contributed by atoms with Crippen LogP contribution in [-0.2, 0) is 11.2 Å². The van der Waals surface area contributed by atoms with Gasteiger partial charge in [-0.25, -0.2) is 0 Å². The van der Waals surface area contributed by atoms with Crippen molar-refractivity contribution in [3.63, 3.8) is 0 Å². The van der Waals surface area contributed by atoms with E-state index in [1.807, 2.05) is 6.92 Å². The first kappa shape index (κ1) is 15.7. The highest BCUT2D eigenvalue weighted by Crippen LogP contribution is 2.16. The van der Waals surface area contributed by atoms with Crippen LogP contribution < -0.4 is 11.1 Å². The summed E-state index contributed by atoms with van der Waals surface area (Å²) in [6, 6.07) is 4.39. The average Bonchev–Trinajstić information content (AvgIpc) is 2.34. The van der Waals surface area contributed by atoms with Crippen LogP contribution in [0.1, 0.15) is 35.6 Å². The van der Waals surface area contributed by atoms with Gasteiger partial charge in [0, 0.05) is 19.0 Å². The average molecular weight is 262 g/mol. The summed E-state index contributed by atoms with van der Waals surface area (Å²) >= 11 is 0. The third-order valence-electron chi connectivity index (χ3n) is 3.66. The molecule has 3 nitrogen and oxygen atoms in total. The molecule has 1 aromatic carbocycles. The van der Waals surface area contributed by atoms with E-state index < -0.39 is 0 Å². The Kier molecular flexibility index (Phi) is 6.03. The molecule has 3 N–H and O–H groups in total. The number of carbonyl (C=O) groups is 1. The van der Waals surface area contributed by atoms with Gasteiger partial charge in [-0.05, 0) is 50.3 Å². The van der Waals surface area contributed by atoms with E-state index in [-0.39, 0.29) is 11.8 Å². The van der Waals surface area contributed by atoms with Gasteiger partial charge >= 0.3 is 0 Å². The Morgan fingerprint density at radius 1 is 1.26 bits per heavy atom. The second kappa shape index (κ2) is 7.29. The van der Waals surface area contributed by atoms with Crippen LogP contribution in [0.2, 0.25) is 0 Å². The lowest BCUT2D eigenvalue weighted by molar-refractivity contribution is -0.124. The molecule has 0 heterocycles. The molecule has 0 aromatic heterocycles. The first-order chi connectivity index (χ1) is 8.99. The lowest BCUT2D eigenvalue weighted by Gasteiger charge is -2.15. The number of nitrogens with one attached hydrogen (secondary N) is 1. The van der Waals surface area contributed by atoms with E-state index in [1.165, 1.54) is 22.3 Å². The summed E-state index contributed by atoms with van der Waals surface area (Å²) in [5.41, 5.74) is 10.8. The van der Waals surface area contributed by atoms with Crippen LogP contribution in [0.4, 0.5) is 0 Å². The molecular formula is C16H26N2O.